The quantitative estimate of drug-likeness (QED) is 0.133. The van der Waals surface area contributed by atoms with Gasteiger partial charge in [-0.1, -0.05) is 65.3 Å². The molecule has 42 heavy (non-hydrogen) atoms. The van der Waals surface area contributed by atoms with E-state index in [1.54, 1.807) is 27.6 Å². The Bertz CT molecular complexity index is 1360. The number of amides is 2. The second-order valence-electron chi connectivity index (χ2n) is 11.4. The van der Waals surface area contributed by atoms with Gasteiger partial charge < -0.3 is 19.6 Å². The van der Waals surface area contributed by atoms with Gasteiger partial charge >= 0.3 is 5.97 Å². The van der Waals surface area contributed by atoms with E-state index in [4.69, 9.17) is 4.74 Å². The van der Waals surface area contributed by atoms with Crippen LogP contribution in [0.1, 0.15) is 39.0 Å². The molecule has 2 amide bonds. The third-order valence-electron chi connectivity index (χ3n) is 8.98. The van der Waals surface area contributed by atoms with Crippen LogP contribution in [-0.4, -0.2) is 74.5 Å². The average Bonchev–Trinajstić information content (AvgIpc) is 3.59. The second-order valence-corrected chi connectivity index (χ2v) is 14.1. The van der Waals surface area contributed by atoms with Crippen LogP contribution in [0.25, 0.3) is 10.8 Å². The first-order chi connectivity index (χ1) is 20.3. The minimum Gasteiger partial charge on any atom is -0.465 e. The van der Waals surface area contributed by atoms with Crippen LogP contribution in [-0.2, 0) is 19.1 Å². The summed E-state index contributed by atoms with van der Waals surface area (Å²) in [5.41, 5.74) is 0.714. The topological polar surface area (TPSA) is 87.1 Å². The molecule has 7 atom stereocenters. The first kappa shape index (κ1) is 30.8. The number of ether oxygens (including phenoxy) is 1. The highest BCUT2D eigenvalue weighted by atomic mass is 79.9. The molecule has 5 rings (SSSR count). The fraction of sp³-hybridized carbons (Fsp3) is 0.485. The average molecular weight is 656 g/mol. The summed E-state index contributed by atoms with van der Waals surface area (Å²) in [6.07, 6.45) is 7.03. The maximum Gasteiger partial charge on any atom is 0.310 e. The molecule has 3 fully saturated rings. The highest BCUT2D eigenvalue weighted by Gasteiger charge is 2.76. The molecular weight excluding hydrogens is 616 g/mol. The highest BCUT2D eigenvalue weighted by molar-refractivity contribution is 9.09. The van der Waals surface area contributed by atoms with Crippen LogP contribution in [0.2, 0.25) is 0 Å². The molecule has 0 saturated carbocycles. The number of hydrogen-bond donors (Lipinski definition) is 1. The lowest BCUT2D eigenvalue weighted by molar-refractivity contribution is -0.154. The Morgan fingerprint density at radius 3 is 2.67 bits per heavy atom. The van der Waals surface area contributed by atoms with Crippen molar-refractivity contribution in [1.29, 1.82) is 0 Å². The largest absolute Gasteiger partial charge is 0.465 e. The first-order valence-electron chi connectivity index (χ1n) is 14.8. The molecule has 3 saturated heterocycles. The number of unbranched alkanes of at least 4 members (excludes halogenated alkanes) is 2. The third-order valence-corrected chi connectivity index (χ3v) is 12.2. The van der Waals surface area contributed by atoms with E-state index >= 15 is 0 Å². The molecule has 9 heteroatoms. The summed E-state index contributed by atoms with van der Waals surface area (Å²) >= 11 is 5.38. The summed E-state index contributed by atoms with van der Waals surface area (Å²) in [5, 5.41) is 12.3. The number of anilines is 1. The number of carbonyl (C=O) groups excluding carboxylic acids is 3. The van der Waals surface area contributed by atoms with Crippen molar-refractivity contribution in [3.8, 4) is 0 Å². The fourth-order valence-electron chi connectivity index (χ4n) is 7.03. The summed E-state index contributed by atoms with van der Waals surface area (Å²) in [5.74, 6) is -2.20. The first-order valence-corrected chi connectivity index (χ1v) is 16.6. The molecule has 2 aromatic rings. The number of nitrogens with zero attached hydrogens (tertiary/aromatic N) is 2. The van der Waals surface area contributed by atoms with Gasteiger partial charge in [-0.2, -0.15) is 0 Å². The number of allylic oxidation sites excluding steroid dienone is 1. The van der Waals surface area contributed by atoms with Crippen LogP contribution in [0.5, 0.6) is 0 Å². The lowest BCUT2D eigenvalue weighted by atomic mass is 9.71. The Labute approximate surface area is 260 Å². The molecule has 2 bridgehead atoms. The smallest absolute Gasteiger partial charge is 0.310 e. The van der Waals surface area contributed by atoms with Gasteiger partial charge in [-0.05, 0) is 55.0 Å². The van der Waals surface area contributed by atoms with E-state index in [1.807, 2.05) is 55.5 Å². The number of aliphatic hydroxyl groups is 1. The van der Waals surface area contributed by atoms with Crippen molar-refractivity contribution >= 4 is 61.9 Å². The van der Waals surface area contributed by atoms with Gasteiger partial charge in [-0.25, -0.2) is 0 Å². The van der Waals surface area contributed by atoms with E-state index in [2.05, 4.69) is 29.1 Å². The predicted octanol–water partition coefficient (Wildman–Crippen LogP) is 5.49. The number of thioether (sulfide) groups is 1. The molecule has 3 heterocycles. The molecule has 2 aromatic carbocycles. The second kappa shape index (κ2) is 12.9. The Balaban J connectivity index is 1.53. The van der Waals surface area contributed by atoms with Gasteiger partial charge in [0.1, 0.15) is 6.04 Å². The van der Waals surface area contributed by atoms with Crippen LogP contribution in [0.3, 0.4) is 0 Å². The summed E-state index contributed by atoms with van der Waals surface area (Å²) < 4.78 is 4.91. The monoisotopic (exact) mass is 654 g/mol. The summed E-state index contributed by atoms with van der Waals surface area (Å²) in [7, 11) is 0. The summed E-state index contributed by atoms with van der Waals surface area (Å²) in [4.78, 5) is 45.9. The molecule has 7 nitrogen and oxygen atoms in total. The number of halogens is 1. The Morgan fingerprint density at radius 1 is 1.21 bits per heavy atom. The van der Waals surface area contributed by atoms with Crippen LogP contribution >= 0.6 is 27.7 Å². The number of esters is 1. The Hall–Kier alpha value is -2.62. The zero-order chi connectivity index (χ0) is 30.0. The van der Waals surface area contributed by atoms with Crippen LogP contribution in [0.4, 0.5) is 5.69 Å². The van der Waals surface area contributed by atoms with E-state index in [9.17, 15) is 19.5 Å². The van der Waals surface area contributed by atoms with Gasteiger partial charge in [0.2, 0.25) is 5.91 Å². The van der Waals surface area contributed by atoms with Crippen molar-refractivity contribution in [2.75, 3.05) is 24.7 Å². The lowest BCUT2D eigenvalue weighted by Gasteiger charge is -2.39. The van der Waals surface area contributed by atoms with E-state index in [-0.39, 0.29) is 47.6 Å². The predicted molar refractivity (Wildman–Crippen MR) is 172 cm³/mol. The number of carbonyl (C=O) groups is 3. The zero-order valence-corrected chi connectivity index (χ0v) is 26.4. The number of hydrogen-bond acceptors (Lipinski definition) is 6. The van der Waals surface area contributed by atoms with E-state index in [1.165, 1.54) is 0 Å². The van der Waals surface area contributed by atoms with Gasteiger partial charge in [0, 0.05) is 22.3 Å². The number of alkyl halides is 1. The molecule has 1 spiro atoms. The van der Waals surface area contributed by atoms with Crippen molar-refractivity contribution in [1.82, 2.24) is 4.90 Å². The summed E-state index contributed by atoms with van der Waals surface area (Å²) in [6, 6.07) is 12.5. The van der Waals surface area contributed by atoms with E-state index in [0.29, 0.717) is 18.5 Å². The number of fused-ring (bicyclic) bond motifs is 2. The van der Waals surface area contributed by atoms with Gasteiger partial charge in [0.15, 0.2) is 0 Å². The van der Waals surface area contributed by atoms with Crippen molar-refractivity contribution in [3.63, 3.8) is 0 Å². The molecule has 1 N–H and O–H groups in total. The van der Waals surface area contributed by atoms with Crippen LogP contribution in [0, 0.1) is 11.8 Å². The minimum absolute atomic E-state index is 0.0529. The number of benzene rings is 2. The molecule has 224 valence electrons. The maximum atomic E-state index is 14.8. The number of likely N-dealkylation sites (tertiary alicyclic amines) is 1. The highest BCUT2D eigenvalue weighted by Crippen LogP contribution is 2.68. The Kier molecular flexibility index (Phi) is 9.50. The third kappa shape index (κ3) is 5.22. The molecule has 0 radical (unpaired) electrons. The molecule has 3 aliphatic heterocycles. The van der Waals surface area contributed by atoms with Gasteiger partial charge in [0.25, 0.3) is 5.91 Å². The summed E-state index contributed by atoms with van der Waals surface area (Å²) in [6.45, 7) is 9.83. The van der Waals surface area contributed by atoms with Crippen molar-refractivity contribution < 1.29 is 24.2 Å². The standard InChI is InChI=1S/C33H39BrN2O5S/c1-4-7-8-11-17-41-32(40)26-27-30(38)36(23(6-3)20-37)29(33(27)19-25(34)28(26)42-33)31(39)35(16-5-2)24-15-14-21-12-9-10-13-22(21)18-24/h4-5,9-10,12-15,18,23,25-29,37H,1-2,6-8,11,16-17,19-20H2,3H3/t23-,25?,26-,27-,28-,29?,33?/m0/s1. The molecular formula is C33H39BrN2O5S. The van der Waals surface area contributed by atoms with E-state index < -0.39 is 28.7 Å². The van der Waals surface area contributed by atoms with Crippen molar-refractivity contribution in [2.45, 2.75) is 65.9 Å². The normalized spacial score (nSPS) is 28.5. The maximum absolute atomic E-state index is 14.8. The van der Waals surface area contributed by atoms with E-state index in [0.717, 1.165) is 30.0 Å². The lowest BCUT2D eigenvalue weighted by Crippen LogP contribution is -2.58. The molecule has 3 aliphatic rings. The fourth-order valence-corrected chi connectivity index (χ4v) is 10.6. The molecule has 0 aliphatic carbocycles. The van der Waals surface area contributed by atoms with Gasteiger partial charge in [0.05, 0.1) is 35.8 Å². The van der Waals surface area contributed by atoms with Crippen LogP contribution in [0.15, 0.2) is 67.8 Å². The van der Waals surface area contributed by atoms with Crippen molar-refractivity contribution in [3.05, 3.63) is 67.8 Å². The number of aliphatic hydroxyl groups excluding tert-OH is 1. The molecule has 3 unspecified atom stereocenters. The Morgan fingerprint density at radius 2 is 1.98 bits per heavy atom. The molecule has 0 aromatic heterocycles. The SMILES string of the molecule is C=CCCCCOC(=O)[C@H]1[C@H]2C(=O)N([C@@H](CC)CO)C(C(=O)N(CC=C)c3ccc4ccccc4c3)C23CC(Br)[C@@H]1S3. The minimum atomic E-state index is -0.848. The zero-order valence-electron chi connectivity index (χ0n) is 24.0. The van der Waals surface area contributed by atoms with Crippen molar-refractivity contribution in [2.24, 2.45) is 11.8 Å². The van der Waals surface area contributed by atoms with Crippen LogP contribution < -0.4 is 4.90 Å². The van der Waals surface area contributed by atoms with Gasteiger partial charge in [-0.15, -0.1) is 24.9 Å². The van der Waals surface area contributed by atoms with Gasteiger partial charge in [-0.3, -0.25) is 14.4 Å². The number of rotatable bonds is 13.